The van der Waals surface area contributed by atoms with Gasteiger partial charge in [-0.3, -0.25) is 4.79 Å². The van der Waals surface area contributed by atoms with Crippen molar-refractivity contribution in [3.05, 3.63) is 65.5 Å². The van der Waals surface area contributed by atoms with E-state index in [0.29, 0.717) is 17.0 Å². The molecule has 0 atom stereocenters. The van der Waals surface area contributed by atoms with E-state index >= 15 is 0 Å². The minimum Gasteiger partial charge on any atom is -0.497 e. The number of rotatable bonds is 4. The Balaban J connectivity index is 2.09. The molecule has 0 heterocycles. The molecule has 0 aromatic heterocycles. The molecule has 0 radical (unpaired) electrons. The molecule has 4 nitrogen and oxygen atoms in total. The van der Waals surface area contributed by atoms with Gasteiger partial charge in [-0.1, -0.05) is 12.1 Å². The maximum absolute atomic E-state index is 12.8. The van der Waals surface area contributed by atoms with Crippen LogP contribution in [0.3, 0.4) is 0 Å². The Hall–Kier alpha value is -2.69. The molecule has 5 heteroatoms. The van der Waals surface area contributed by atoms with Gasteiger partial charge in [0.15, 0.2) is 0 Å². The molecule has 0 bridgehead atoms. The van der Waals surface area contributed by atoms with Gasteiger partial charge in [0.05, 0.1) is 12.8 Å². The van der Waals surface area contributed by atoms with Crippen molar-refractivity contribution in [2.75, 3.05) is 7.11 Å². The van der Waals surface area contributed by atoms with Gasteiger partial charge in [0.1, 0.15) is 11.6 Å². The van der Waals surface area contributed by atoms with E-state index in [-0.39, 0.29) is 5.82 Å². The normalized spacial score (nSPS) is 11.1. The number of amides is 1. The zero-order valence-electron chi connectivity index (χ0n) is 11.8. The number of ether oxygens (including phenoxy) is 1. The fourth-order valence-corrected chi connectivity index (χ4v) is 1.71. The smallest absolute Gasteiger partial charge is 0.271 e. The van der Waals surface area contributed by atoms with Crippen LogP contribution < -0.4 is 10.2 Å². The minimum atomic E-state index is -0.391. The summed E-state index contributed by atoms with van der Waals surface area (Å²) in [5, 5.41) is 4.04. The van der Waals surface area contributed by atoms with Gasteiger partial charge in [-0.05, 0) is 43.3 Å². The lowest BCUT2D eigenvalue weighted by Crippen LogP contribution is -2.19. The van der Waals surface area contributed by atoms with Crippen LogP contribution in [-0.4, -0.2) is 18.7 Å². The first kappa shape index (κ1) is 14.7. The molecule has 0 aliphatic carbocycles. The van der Waals surface area contributed by atoms with Crippen LogP contribution in [0.2, 0.25) is 0 Å². The van der Waals surface area contributed by atoms with Crippen molar-refractivity contribution in [1.29, 1.82) is 0 Å². The molecule has 2 aromatic rings. The second-order valence-corrected chi connectivity index (χ2v) is 4.38. The molecule has 0 aliphatic rings. The van der Waals surface area contributed by atoms with Gasteiger partial charge in [0.2, 0.25) is 0 Å². The first-order valence-corrected chi connectivity index (χ1v) is 6.35. The summed E-state index contributed by atoms with van der Waals surface area (Å²) in [5.41, 5.74) is 4.27. The number of hydrogen-bond donors (Lipinski definition) is 1. The summed E-state index contributed by atoms with van der Waals surface area (Å²) < 4.78 is 17.9. The van der Waals surface area contributed by atoms with Crippen LogP contribution >= 0.6 is 0 Å². The highest BCUT2D eigenvalue weighted by Crippen LogP contribution is 2.13. The average molecular weight is 286 g/mol. The number of carbonyl (C=O) groups is 1. The van der Waals surface area contributed by atoms with Crippen molar-refractivity contribution in [3.63, 3.8) is 0 Å². The molecule has 0 fully saturated rings. The van der Waals surface area contributed by atoms with Crippen LogP contribution in [0, 0.1) is 5.82 Å². The van der Waals surface area contributed by atoms with Crippen molar-refractivity contribution in [2.45, 2.75) is 6.92 Å². The summed E-state index contributed by atoms with van der Waals surface area (Å²) in [7, 11) is 1.59. The van der Waals surface area contributed by atoms with Crippen molar-refractivity contribution < 1.29 is 13.9 Å². The summed E-state index contributed by atoms with van der Waals surface area (Å²) in [6.45, 7) is 1.78. The molecule has 1 amide bonds. The highest BCUT2D eigenvalue weighted by molar-refractivity contribution is 6.01. The minimum absolute atomic E-state index is 0.346. The lowest BCUT2D eigenvalue weighted by Gasteiger charge is -2.05. The van der Waals surface area contributed by atoms with Gasteiger partial charge in [0.25, 0.3) is 5.91 Å². The summed E-state index contributed by atoms with van der Waals surface area (Å²) in [6, 6.07) is 12.6. The average Bonchev–Trinajstić information content (AvgIpc) is 2.53. The van der Waals surface area contributed by atoms with E-state index in [1.165, 1.54) is 24.3 Å². The molecule has 1 N–H and O–H groups in total. The first-order chi connectivity index (χ1) is 10.1. The Morgan fingerprint density at radius 3 is 2.52 bits per heavy atom. The molecular weight excluding hydrogens is 271 g/mol. The van der Waals surface area contributed by atoms with Crippen molar-refractivity contribution in [1.82, 2.24) is 5.43 Å². The number of hydrazone groups is 1. The molecule has 2 aromatic carbocycles. The van der Waals surface area contributed by atoms with Crippen LogP contribution in [0.25, 0.3) is 0 Å². The van der Waals surface area contributed by atoms with E-state index in [1.54, 1.807) is 14.0 Å². The third-order valence-electron chi connectivity index (χ3n) is 2.92. The van der Waals surface area contributed by atoms with E-state index < -0.39 is 5.91 Å². The summed E-state index contributed by atoms with van der Waals surface area (Å²) in [5.74, 6) is -0.0632. The summed E-state index contributed by atoms with van der Waals surface area (Å²) in [6.07, 6.45) is 0. The summed E-state index contributed by atoms with van der Waals surface area (Å²) in [4.78, 5) is 11.8. The Morgan fingerprint density at radius 2 is 1.86 bits per heavy atom. The van der Waals surface area contributed by atoms with Crippen molar-refractivity contribution in [2.24, 2.45) is 5.10 Å². The molecule has 0 unspecified atom stereocenters. The highest BCUT2D eigenvalue weighted by atomic mass is 19.1. The van der Waals surface area contributed by atoms with Crippen LogP contribution in [0.15, 0.2) is 53.6 Å². The lowest BCUT2D eigenvalue weighted by atomic mass is 10.1. The fraction of sp³-hybridized carbons (Fsp3) is 0.125. The predicted octanol–water partition coefficient (Wildman–Crippen LogP) is 2.99. The number of benzene rings is 2. The van der Waals surface area contributed by atoms with Crippen LogP contribution in [0.5, 0.6) is 5.75 Å². The number of nitrogens with zero attached hydrogens (tertiary/aromatic N) is 1. The fourth-order valence-electron chi connectivity index (χ4n) is 1.71. The Bertz CT molecular complexity index is 666. The maximum Gasteiger partial charge on any atom is 0.271 e. The van der Waals surface area contributed by atoms with Crippen LogP contribution in [0.1, 0.15) is 22.8 Å². The van der Waals surface area contributed by atoms with E-state index in [9.17, 15) is 9.18 Å². The monoisotopic (exact) mass is 286 g/mol. The Kier molecular flexibility index (Phi) is 4.66. The topological polar surface area (TPSA) is 50.7 Å². The van der Waals surface area contributed by atoms with E-state index in [0.717, 1.165) is 5.56 Å². The molecule has 0 aliphatic heterocycles. The quantitative estimate of drug-likeness (QED) is 0.694. The van der Waals surface area contributed by atoms with Gasteiger partial charge in [-0.25, -0.2) is 9.82 Å². The maximum atomic E-state index is 12.8. The lowest BCUT2D eigenvalue weighted by molar-refractivity contribution is 0.0955. The number of carbonyl (C=O) groups excluding carboxylic acids is 1. The largest absolute Gasteiger partial charge is 0.497 e. The van der Waals surface area contributed by atoms with Gasteiger partial charge in [0, 0.05) is 11.1 Å². The number of hydrogen-bond acceptors (Lipinski definition) is 3. The second-order valence-electron chi connectivity index (χ2n) is 4.38. The summed E-state index contributed by atoms with van der Waals surface area (Å²) >= 11 is 0. The number of nitrogens with one attached hydrogen (secondary N) is 1. The standard InChI is InChI=1S/C16H15FN2O2/c1-11(13-4-3-5-15(10-13)21-2)18-19-16(20)12-6-8-14(17)9-7-12/h3-10H,1-2H3,(H,19,20)/b18-11+. The van der Waals surface area contributed by atoms with Crippen LogP contribution in [0.4, 0.5) is 4.39 Å². The molecule has 0 saturated heterocycles. The third kappa shape index (κ3) is 3.89. The van der Waals surface area contributed by atoms with Gasteiger partial charge < -0.3 is 4.74 Å². The van der Waals surface area contributed by atoms with E-state index in [1.807, 2.05) is 24.3 Å². The first-order valence-electron chi connectivity index (χ1n) is 6.35. The molecule has 108 valence electrons. The number of methoxy groups -OCH3 is 1. The predicted molar refractivity (Wildman–Crippen MR) is 79.1 cm³/mol. The zero-order valence-corrected chi connectivity index (χ0v) is 11.8. The van der Waals surface area contributed by atoms with E-state index in [4.69, 9.17) is 4.74 Å². The van der Waals surface area contributed by atoms with Gasteiger partial charge in [-0.15, -0.1) is 0 Å². The molecular formula is C16H15FN2O2. The van der Waals surface area contributed by atoms with Gasteiger partial charge in [-0.2, -0.15) is 5.10 Å². The SMILES string of the molecule is COc1cccc(/C(C)=N/NC(=O)c2ccc(F)cc2)c1. The van der Waals surface area contributed by atoms with E-state index in [2.05, 4.69) is 10.5 Å². The second kappa shape index (κ2) is 6.65. The van der Waals surface area contributed by atoms with Crippen LogP contribution in [-0.2, 0) is 0 Å². The molecule has 21 heavy (non-hydrogen) atoms. The number of halogens is 1. The Labute approximate surface area is 122 Å². The Morgan fingerprint density at radius 1 is 1.14 bits per heavy atom. The molecule has 0 spiro atoms. The van der Waals surface area contributed by atoms with Crippen molar-refractivity contribution >= 4 is 11.6 Å². The molecule has 0 saturated carbocycles. The zero-order chi connectivity index (χ0) is 15.2. The van der Waals surface area contributed by atoms with Gasteiger partial charge >= 0.3 is 0 Å². The molecule has 2 rings (SSSR count). The van der Waals surface area contributed by atoms with Crippen molar-refractivity contribution in [3.8, 4) is 5.75 Å². The highest BCUT2D eigenvalue weighted by Gasteiger charge is 2.05. The third-order valence-corrected chi connectivity index (χ3v) is 2.92.